The Hall–Kier alpha value is -0.0800. The van der Waals surface area contributed by atoms with Crippen molar-refractivity contribution >= 4 is 0 Å². The molecule has 0 aromatic heterocycles. The van der Waals surface area contributed by atoms with Crippen molar-refractivity contribution < 1.29 is 4.74 Å². The fraction of sp³-hybridized carbons (Fsp3) is 1.00. The summed E-state index contributed by atoms with van der Waals surface area (Å²) in [4.78, 5) is 0. The molecule has 0 heterocycles. The molecule has 1 rings (SSSR count). The second-order valence-electron chi connectivity index (χ2n) is 3.84. The minimum atomic E-state index is 0.266. The average Bonchev–Trinajstić information content (AvgIpc) is 2.86. The molecule has 0 amide bonds. The zero-order chi connectivity index (χ0) is 8.97. The first-order valence-corrected chi connectivity index (χ1v) is 5.08. The van der Waals surface area contributed by atoms with Gasteiger partial charge in [0.15, 0.2) is 0 Å². The van der Waals surface area contributed by atoms with E-state index < -0.39 is 0 Å². The number of ether oxygens (including phenoxy) is 1. The highest BCUT2D eigenvalue weighted by Gasteiger charge is 2.34. The Morgan fingerprint density at radius 1 is 1.50 bits per heavy atom. The Balaban J connectivity index is 2.21. The van der Waals surface area contributed by atoms with Crippen LogP contribution in [0.25, 0.3) is 0 Å². The highest BCUT2D eigenvalue weighted by Crippen LogP contribution is 2.35. The molecule has 0 spiro atoms. The summed E-state index contributed by atoms with van der Waals surface area (Å²) in [5, 5.41) is 0. The third-order valence-corrected chi connectivity index (χ3v) is 2.67. The molecule has 1 aliphatic rings. The van der Waals surface area contributed by atoms with Crippen LogP contribution in [0.1, 0.15) is 39.0 Å². The van der Waals surface area contributed by atoms with E-state index in [-0.39, 0.29) is 6.04 Å². The van der Waals surface area contributed by atoms with Crippen molar-refractivity contribution in [1.29, 1.82) is 0 Å². The molecule has 0 saturated heterocycles. The maximum atomic E-state index is 6.03. The van der Waals surface area contributed by atoms with Crippen molar-refractivity contribution in [3.05, 3.63) is 0 Å². The van der Waals surface area contributed by atoms with Crippen LogP contribution >= 0.6 is 0 Å². The molecule has 0 aromatic rings. The van der Waals surface area contributed by atoms with Gasteiger partial charge in [-0.1, -0.05) is 19.8 Å². The van der Waals surface area contributed by atoms with E-state index in [2.05, 4.69) is 6.92 Å². The Kier molecular flexibility index (Phi) is 4.02. The van der Waals surface area contributed by atoms with Crippen molar-refractivity contribution in [3.63, 3.8) is 0 Å². The maximum Gasteiger partial charge on any atom is 0.0750 e. The van der Waals surface area contributed by atoms with E-state index in [0.717, 1.165) is 12.3 Å². The third-order valence-electron chi connectivity index (χ3n) is 2.67. The molecule has 2 N–H and O–H groups in total. The van der Waals surface area contributed by atoms with Crippen LogP contribution in [0.4, 0.5) is 0 Å². The third kappa shape index (κ3) is 2.76. The highest BCUT2D eigenvalue weighted by molar-refractivity contribution is 4.88. The molecule has 1 fully saturated rings. The number of rotatable bonds is 6. The van der Waals surface area contributed by atoms with Crippen LogP contribution in [0.5, 0.6) is 0 Å². The van der Waals surface area contributed by atoms with Crippen molar-refractivity contribution in [3.8, 4) is 0 Å². The molecular formula is C10H21NO. The standard InChI is InChI=1S/C10H21NO/c1-3-4-5-9(11)10(12-2)8-6-7-8/h8-10H,3-7,11H2,1-2H3. The quantitative estimate of drug-likeness (QED) is 0.662. The van der Waals surface area contributed by atoms with Gasteiger partial charge in [-0.15, -0.1) is 0 Å². The summed E-state index contributed by atoms with van der Waals surface area (Å²) in [7, 11) is 1.79. The lowest BCUT2D eigenvalue weighted by atomic mass is 10.0. The van der Waals surface area contributed by atoms with Gasteiger partial charge >= 0.3 is 0 Å². The largest absolute Gasteiger partial charge is 0.380 e. The molecule has 72 valence electrons. The Morgan fingerprint density at radius 3 is 2.58 bits per heavy atom. The summed E-state index contributed by atoms with van der Waals surface area (Å²) in [6.07, 6.45) is 6.54. The lowest BCUT2D eigenvalue weighted by molar-refractivity contribution is 0.0596. The van der Waals surface area contributed by atoms with Crippen molar-refractivity contribution in [2.75, 3.05) is 7.11 Å². The molecule has 2 atom stereocenters. The second kappa shape index (κ2) is 4.83. The van der Waals surface area contributed by atoms with Crippen LogP contribution in [0.15, 0.2) is 0 Å². The van der Waals surface area contributed by atoms with Crippen LogP contribution in [0.2, 0.25) is 0 Å². The summed E-state index contributed by atoms with van der Waals surface area (Å²) >= 11 is 0. The summed E-state index contributed by atoms with van der Waals surface area (Å²) in [5.41, 5.74) is 6.03. The number of hydrogen-bond donors (Lipinski definition) is 1. The molecule has 0 radical (unpaired) electrons. The Morgan fingerprint density at radius 2 is 2.17 bits per heavy atom. The number of methoxy groups -OCH3 is 1. The van der Waals surface area contributed by atoms with Gasteiger partial charge < -0.3 is 10.5 Å². The Labute approximate surface area is 75.5 Å². The molecule has 1 saturated carbocycles. The molecule has 2 nitrogen and oxygen atoms in total. The first-order valence-electron chi connectivity index (χ1n) is 5.08. The fourth-order valence-electron chi connectivity index (χ4n) is 1.75. The zero-order valence-corrected chi connectivity index (χ0v) is 8.25. The first-order chi connectivity index (χ1) is 5.79. The SMILES string of the molecule is CCCCC(N)C(OC)C1CC1. The van der Waals surface area contributed by atoms with Gasteiger partial charge in [-0.2, -0.15) is 0 Å². The van der Waals surface area contributed by atoms with Gasteiger partial charge in [0, 0.05) is 13.2 Å². The van der Waals surface area contributed by atoms with Crippen LogP contribution < -0.4 is 5.73 Å². The fourth-order valence-corrected chi connectivity index (χ4v) is 1.75. The molecular weight excluding hydrogens is 150 g/mol. The van der Waals surface area contributed by atoms with Crippen LogP contribution in [-0.2, 0) is 4.74 Å². The zero-order valence-electron chi connectivity index (χ0n) is 8.25. The van der Waals surface area contributed by atoms with E-state index in [0.29, 0.717) is 6.10 Å². The van der Waals surface area contributed by atoms with Gasteiger partial charge in [0.05, 0.1) is 6.10 Å². The molecule has 2 heteroatoms. The lowest BCUT2D eigenvalue weighted by Crippen LogP contribution is -2.37. The monoisotopic (exact) mass is 171 g/mol. The number of nitrogens with two attached hydrogens (primary N) is 1. The molecule has 0 aliphatic heterocycles. The molecule has 2 unspecified atom stereocenters. The predicted octanol–water partition coefficient (Wildman–Crippen LogP) is 1.93. The first kappa shape index (κ1) is 10.0. The highest BCUT2D eigenvalue weighted by atomic mass is 16.5. The van der Waals surface area contributed by atoms with E-state index >= 15 is 0 Å². The molecule has 0 bridgehead atoms. The normalized spacial score (nSPS) is 22.2. The summed E-state index contributed by atoms with van der Waals surface area (Å²) in [6, 6.07) is 0.266. The lowest BCUT2D eigenvalue weighted by Gasteiger charge is -2.21. The van der Waals surface area contributed by atoms with Crippen LogP contribution in [0, 0.1) is 5.92 Å². The smallest absolute Gasteiger partial charge is 0.0750 e. The van der Waals surface area contributed by atoms with E-state index in [1.54, 1.807) is 7.11 Å². The van der Waals surface area contributed by atoms with E-state index in [1.165, 1.54) is 25.7 Å². The number of unbranched alkanes of at least 4 members (excludes halogenated alkanes) is 1. The van der Waals surface area contributed by atoms with Gasteiger partial charge in [0.25, 0.3) is 0 Å². The van der Waals surface area contributed by atoms with E-state index in [1.807, 2.05) is 0 Å². The number of hydrogen-bond acceptors (Lipinski definition) is 2. The second-order valence-corrected chi connectivity index (χ2v) is 3.84. The predicted molar refractivity (Wildman–Crippen MR) is 51.0 cm³/mol. The van der Waals surface area contributed by atoms with Crippen molar-refractivity contribution in [2.24, 2.45) is 11.7 Å². The van der Waals surface area contributed by atoms with Gasteiger partial charge in [0.1, 0.15) is 0 Å². The topological polar surface area (TPSA) is 35.2 Å². The Bertz CT molecular complexity index is 123. The molecule has 12 heavy (non-hydrogen) atoms. The molecule has 0 aromatic carbocycles. The maximum absolute atomic E-state index is 6.03. The van der Waals surface area contributed by atoms with E-state index in [4.69, 9.17) is 10.5 Å². The summed E-state index contributed by atoms with van der Waals surface area (Å²) in [5.74, 6) is 0.766. The van der Waals surface area contributed by atoms with Crippen molar-refractivity contribution in [1.82, 2.24) is 0 Å². The molecule has 1 aliphatic carbocycles. The summed E-state index contributed by atoms with van der Waals surface area (Å²) < 4.78 is 5.41. The van der Waals surface area contributed by atoms with Gasteiger partial charge in [-0.3, -0.25) is 0 Å². The minimum Gasteiger partial charge on any atom is -0.380 e. The van der Waals surface area contributed by atoms with Gasteiger partial charge in [0.2, 0.25) is 0 Å². The minimum absolute atomic E-state index is 0.266. The van der Waals surface area contributed by atoms with Gasteiger partial charge in [-0.25, -0.2) is 0 Å². The van der Waals surface area contributed by atoms with E-state index in [9.17, 15) is 0 Å². The summed E-state index contributed by atoms with van der Waals surface area (Å²) in [6.45, 7) is 2.20. The van der Waals surface area contributed by atoms with Crippen LogP contribution in [0.3, 0.4) is 0 Å². The average molecular weight is 171 g/mol. The van der Waals surface area contributed by atoms with Gasteiger partial charge in [-0.05, 0) is 25.2 Å². The van der Waals surface area contributed by atoms with Crippen LogP contribution in [-0.4, -0.2) is 19.3 Å². The van der Waals surface area contributed by atoms with Crippen molar-refractivity contribution in [2.45, 2.75) is 51.2 Å².